The molecule has 2 aliphatic rings. The van der Waals surface area contributed by atoms with Gasteiger partial charge in [-0.2, -0.15) is 13.2 Å². The van der Waals surface area contributed by atoms with Crippen LogP contribution in [0.15, 0.2) is 12.1 Å². The van der Waals surface area contributed by atoms with E-state index in [0.717, 1.165) is 45.1 Å². The Balaban J connectivity index is 1.46. The van der Waals surface area contributed by atoms with Gasteiger partial charge in [0.1, 0.15) is 0 Å². The van der Waals surface area contributed by atoms with Crippen molar-refractivity contribution < 1.29 is 22.6 Å². The lowest BCUT2D eigenvalue weighted by Crippen LogP contribution is -2.38. The van der Waals surface area contributed by atoms with Crippen molar-refractivity contribution >= 4 is 5.82 Å². The van der Waals surface area contributed by atoms with Crippen molar-refractivity contribution in [2.24, 2.45) is 5.92 Å². The fourth-order valence-electron chi connectivity index (χ4n) is 2.88. The molecule has 0 amide bonds. The van der Waals surface area contributed by atoms with Crippen LogP contribution in [-0.2, 0) is 15.7 Å². The zero-order chi connectivity index (χ0) is 16.3. The number of nitrogens with zero attached hydrogens (tertiary/aromatic N) is 3. The summed E-state index contributed by atoms with van der Waals surface area (Å²) < 4.78 is 48.7. The second kappa shape index (κ2) is 7.00. The molecule has 128 valence electrons. The molecule has 3 rings (SSSR count). The smallest absolute Gasteiger partial charge is 0.381 e. The number of piperidine rings is 1. The van der Waals surface area contributed by atoms with Crippen molar-refractivity contribution in [3.8, 4) is 0 Å². The molecule has 1 atom stereocenters. The Bertz CT molecular complexity index is 496. The molecule has 0 bridgehead atoms. The predicted octanol–water partition coefficient (Wildman–Crippen LogP) is 2.52. The Hall–Kier alpha value is -1.41. The highest BCUT2D eigenvalue weighted by Gasteiger charge is 2.33. The lowest BCUT2D eigenvalue weighted by atomic mass is 10.1. The van der Waals surface area contributed by atoms with E-state index >= 15 is 0 Å². The van der Waals surface area contributed by atoms with Crippen LogP contribution in [0.5, 0.6) is 0 Å². The summed E-state index contributed by atoms with van der Waals surface area (Å²) in [4.78, 5) is 1.95. The monoisotopic (exact) mass is 331 g/mol. The van der Waals surface area contributed by atoms with Crippen molar-refractivity contribution in [2.45, 2.75) is 31.5 Å². The SMILES string of the molecule is FC(F)(F)c1ccc(N2CCC(OCC3CCOC3)CC2)nn1. The Labute approximate surface area is 132 Å². The third-order valence-corrected chi connectivity index (χ3v) is 4.30. The van der Waals surface area contributed by atoms with Gasteiger partial charge >= 0.3 is 6.18 Å². The van der Waals surface area contributed by atoms with Crippen LogP contribution in [0.25, 0.3) is 0 Å². The topological polar surface area (TPSA) is 47.5 Å². The molecule has 23 heavy (non-hydrogen) atoms. The molecule has 1 unspecified atom stereocenters. The molecule has 0 radical (unpaired) electrons. The molecule has 2 saturated heterocycles. The number of rotatable bonds is 4. The van der Waals surface area contributed by atoms with E-state index in [1.807, 2.05) is 4.90 Å². The molecule has 1 aromatic rings. The van der Waals surface area contributed by atoms with Crippen LogP contribution in [0, 0.1) is 5.92 Å². The number of aromatic nitrogens is 2. The van der Waals surface area contributed by atoms with E-state index in [1.165, 1.54) is 6.07 Å². The molecule has 1 aromatic heterocycles. The van der Waals surface area contributed by atoms with Crippen molar-refractivity contribution in [1.82, 2.24) is 10.2 Å². The Morgan fingerprint density at radius 1 is 1.17 bits per heavy atom. The molecule has 3 heterocycles. The molecule has 5 nitrogen and oxygen atoms in total. The summed E-state index contributed by atoms with van der Waals surface area (Å²) in [5.74, 6) is 0.981. The largest absolute Gasteiger partial charge is 0.435 e. The minimum absolute atomic E-state index is 0.203. The lowest BCUT2D eigenvalue weighted by Gasteiger charge is -2.32. The lowest BCUT2D eigenvalue weighted by molar-refractivity contribution is -0.141. The van der Waals surface area contributed by atoms with Crippen LogP contribution >= 0.6 is 0 Å². The normalized spacial score (nSPS) is 23.4. The quantitative estimate of drug-likeness (QED) is 0.848. The molecule has 0 saturated carbocycles. The first-order valence-electron chi connectivity index (χ1n) is 7.87. The highest BCUT2D eigenvalue weighted by Crippen LogP contribution is 2.28. The number of hydrogen-bond acceptors (Lipinski definition) is 5. The molecule has 2 fully saturated rings. The van der Waals surface area contributed by atoms with Crippen LogP contribution in [0.2, 0.25) is 0 Å². The number of ether oxygens (including phenoxy) is 2. The van der Waals surface area contributed by atoms with E-state index in [1.54, 1.807) is 0 Å². The molecule has 0 aromatic carbocycles. The predicted molar refractivity (Wildman–Crippen MR) is 77.1 cm³/mol. The van der Waals surface area contributed by atoms with E-state index in [0.29, 0.717) is 24.8 Å². The number of anilines is 1. The Morgan fingerprint density at radius 2 is 1.96 bits per heavy atom. The van der Waals surface area contributed by atoms with Gasteiger partial charge in [0.05, 0.1) is 19.3 Å². The van der Waals surface area contributed by atoms with Gasteiger partial charge in [0, 0.05) is 25.6 Å². The summed E-state index contributed by atoms with van der Waals surface area (Å²) in [5, 5.41) is 6.97. The first-order valence-corrected chi connectivity index (χ1v) is 7.87. The molecule has 8 heteroatoms. The number of hydrogen-bond donors (Lipinski definition) is 0. The van der Waals surface area contributed by atoms with Crippen molar-refractivity contribution in [2.75, 3.05) is 37.8 Å². The second-order valence-electron chi connectivity index (χ2n) is 6.02. The minimum Gasteiger partial charge on any atom is -0.381 e. The fourth-order valence-corrected chi connectivity index (χ4v) is 2.88. The average Bonchev–Trinajstić information content (AvgIpc) is 3.06. The molecule has 0 N–H and O–H groups in total. The van der Waals surface area contributed by atoms with E-state index in [4.69, 9.17) is 9.47 Å². The van der Waals surface area contributed by atoms with Gasteiger partial charge in [0.15, 0.2) is 11.5 Å². The van der Waals surface area contributed by atoms with Gasteiger partial charge in [0.2, 0.25) is 0 Å². The number of halogens is 3. The molecular weight excluding hydrogens is 311 g/mol. The summed E-state index contributed by atoms with van der Waals surface area (Å²) in [6, 6.07) is 2.36. The van der Waals surface area contributed by atoms with E-state index in [-0.39, 0.29) is 6.10 Å². The minimum atomic E-state index is -4.45. The summed E-state index contributed by atoms with van der Waals surface area (Å²) in [5.41, 5.74) is -0.960. The zero-order valence-corrected chi connectivity index (χ0v) is 12.8. The maximum atomic E-state index is 12.5. The zero-order valence-electron chi connectivity index (χ0n) is 12.8. The van der Waals surface area contributed by atoms with Crippen LogP contribution in [-0.4, -0.2) is 49.2 Å². The fraction of sp³-hybridized carbons (Fsp3) is 0.733. The van der Waals surface area contributed by atoms with Crippen molar-refractivity contribution in [3.63, 3.8) is 0 Å². The van der Waals surface area contributed by atoms with Crippen LogP contribution in [0.4, 0.5) is 19.0 Å². The summed E-state index contributed by atoms with van der Waals surface area (Å²) in [6.07, 6.45) is -1.50. The van der Waals surface area contributed by atoms with Crippen LogP contribution < -0.4 is 4.90 Å². The summed E-state index contributed by atoms with van der Waals surface area (Å²) in [7, 11) is 0. The molecule has 2 aliphatic heterocycles. The Kier molecular flexibility index (Phi) is 5.01. The third kappa shape index (κ3) is 4.32. The van der Waals surface area contributed by atoms with Gasteiger partial charge in [-0.25, -0.2) is 0 Å². The van der Waals surface area contributed by atoms with E-state index in [2.05, 4.69) is 10.2 Å². The van der Waals surface area contributed by atoms with Crippen LogP contribution in [0.3, 0.4) is 0 Å². The van der Waals surface area contributed by atoms with Crippen molar-refractivity contribution in [3.05, 3.63) is 17.8 Å². The van der Waals surface area contributed by atoms with Crippen LogP contribution in [0.1, 0.15) is 25.0 Å². The van der Waals surface area contributed by atoms with Gasteiger partial charge in [0.25, 0.3) is 0 Å². The standard InChI is InChI=1S/C15H20F3N3O2/c16-15(17,18)13-1-2-14(20-19-13)21-6-3-12(4-7-21)23-10-11-5-8-22-9-11/h1-2,11-12H,3-10H2. The highest BCUT2D eigenvalue weighted by molar-refractivity contribution is 5.38. The van der Waals surface area contributed by atoms with Gasteiger partial charge in [-0.3, -0.25) is 0 Å². The molecule has 0 spiro atoms. The second-order valence-corrected chi connectivity index (χ2v) is 6.02. The van der Waals surface area contributed by atoms with Gasteiger partial charge in [-0.05, 0) is 31.4 Å². The number of alkyl halides is 3. The first kappa shape index (κ1) is 16.4. The first-order chi connectivity index (χ1) is 11.0. The molecule has 0 aliphatic carbocycles. The maximum absolute atomic E-state index is 12.5. The van der Waals surface area contributed by atoms with E-state index < -0.39 is 11.9 Å². The van der Waals surface area contributed by atoms with Gasteiger partial charge in [-0.1, -0.05) is 0 Å². The summed E-state index contributed by atoms with van der Waals surface area (Å²) >= 11 is 0. The third-order valence-electron chi connectivity index (χ3n) is 4.30. The van der Waals surface area contributed by atoms with Gasteiger partial charge < -0.3 is 14.4 Å². The summed E-state index contributed by atoms with van der Waals surface area (Å²) in [6.45, 7) is 3.75. The average molecular weight is 331 g/mol. The van der Waals surface area contributed by atoms with Crippen molar-refractivity contribution in [1.29, 1.82) is 0 Å². The maximum Gasteiger partial charge on any atom is 0.435 e. The molecular formula is C15H20F3N3O2. The van der Waals surface area contributed by atoms with Gasteiger partial charge in [-0.15, -0.1) is 10.2 Å². The van der Waals surface area contributed by atoms with E-state index in [9.17, 15) is 13.2 Å². The highest BCUT2D eigenvalue weighted by atomic mass is 19.4. The Morgan fingerprint density at radius 3 is 2.52 bits per heavy atom.